The zero-order valence-electron chi connectivity index (χ0n) is 19.8. The highest BCUT2D eigenvalue weighted by Crippen LogP contribution is 2.29. The Morgan fingerprint density at radius 3 is 2.60 bits per heavy atom. The number of pyridine rings is 2. The first-order chi connectivity index (χ1) is 16.8. The van der Waals surface area contributed by atoms with Crippen molar-refractivity contribution in [3.63, 3.8) is 0 Å². The lowest BCUT2D eigenvalue weighted by Crippen LogP contribution is -2.19. The number of nitrogens with one attached hydrogen (secondary N) is 1. The Balaban J connectivity index is 1.51. The van der Waals surface area contributed by atoms with Gasteiger partial charge in [0.15, 0.2) is 5.78 Å². The number of rotatable bonds is 5. The predicted molar refractivity (Wildman–Crippen MR) is 135 cm³/mol. The summed E-state index contributed by atoms with van der Waals surface area (Å²) in [6.07, 6.45) is 1.78. The Kier molecular flexibility index (Phi) is 5.49. The minimum atomic E-state index is -0.0916. The molecule has 0 atom stereocenters. The van der Waals surface area contributed by atoms with Crippen molar-refractivity contribution >= 4 is 28.3 Å². The molecule has 0 spiro atoms. The highest BCUT2D eigenvalue weighted by Gasteiger charge is 2.16. The van der Waals surface area contributed by atoms with E-state index in [0.29, 0.717) is 22.4 Å². The van der Waals surface area contributed by atoms with Crippen LogP contribution in [0.4, 0.5) is 11.6 Å². The van der Waals surface area contributed by atoms with Gasteiger partial charge in [0.05, 0.1) is 11.1 Å². The summed E-state index contributed by atoms with van der Waals surface area (Å²) in [5.41, 5.74) is 5.71. The van der Waals surface area contributed by atoms with E-state index in [1.54, 1.807) is 36.0 Å². The summed E-state index contributed by atoms with van der Waals surface area (Å²) < 4.78 is 7.06. The molecule has 0 unspecified atom stereocenters. The van der Waals surface area contributed by atoms with Crippen LogP contribution in [-0.2, 0) is 7.05 Å². The highest BCUT2D eigenvalue weighted by atomic mass is 16.5. The molecule has 0 radical (unpaired) electrons. The molecule has 2 aromatic carbocycles. The molecule has 0 fully saturated rings. The van der Waals surface area contributed by atoms with E-state index in [9.17, 15) is 9.59 Å². The molecule has 0 aliphatic rings. The third-order valence-electron chi connectivity index (χ3n) is 5.99. The molecule has 174 valence electrons. The summed E-state index contributed by atoms with van der Waals surface area (Å²) in [5, 5.41) is 8.03. The van der Waals surface area contributed by atoms with Gasteiger partial charge in [-0.3, -0.25) is 14.6 Å². The van der Waals surface area contributed by atoms with Gasteiger partial charge in [-0.15, -0.1) is 0 Å². The molecule has 0 amide bonds. The maximum absolute atomic E-state index is 13.2. The molecule has 0 aliphatic carbocycles. The summed E-state index contributed by atoms with van der Waals surface area (Å²) in [4.78, 5) is 34.0. The zero-order chi connectivity index (χ0) is 24.7. The number of ketones is 1. The number of carbonyl (C=O) groups excluding carboxylic acids is 1. The van der Waals surface area contributed by atoms with Crippen molar-refractivity contribution in [1.29, 1.82) is 0 Å². The molecule has 35 heavy (non-hydrogen) atoms. The van der Waals surface area contributed by atoms with Crippen molar-refractivity contribution in [1.82, 2.24) is 19.7 Å². The molecular formula is C27H23N5O3. The molecule has 5 rings (SSSR count). The monoisotopic (exact) mass is 465 g/mol. The quantitative estimate of drug-likeness (QED) is 0.355. The van der Waals surface area contributed by atoms with E-state index in [-0.39, 0.29) is 23.2 Å². The molecule has 5 aromatic rings. The molecule has 8 nitrogen and oxygen atoms in total. The molecular weight excluding hydrogens is 442 g/mol. The number of anilines is 2. The van der Waals surface area contributed by atoms with Crippen molar-refractivity contribution in [3.8, 4) is 22.6 Å². The van der Waals surface area contributed by atoms with Crippen molar-refractivity contribution in [3.05, 3.63) is 88.0 Å². The van der Waals surface area contributed by atoms with Crippen LogP contribution in [0.25, 0.3) is 33.5 Å². The predicted octanol–water partition coefficient (Wildman–Crippen LogP) is 5.21. The van der Waals surface area contributed by atoms with E-state index in [2.05, 4.69) is 20.4 Å². The summed E-state index contributed by atoms with van der Waals surface area (Å²) in [6.45, 7) is 5.36. The molecule has 0 bridgehead atoms. The first-order valence-electron chi connectivity index (χ1n) is 11.1. The number of aromatic nitrogens is 4. The topological polar surface area (TPSA) is 103 Å². The van der Waals surface area contributed by atoms with Gasteiger partial charge in [0.1, 0.15) is 0 Å². The Bertz CT molecular complexity index is 1670. The standard InChI is InChI=1S/C27H23N5O3/c1-15-9-10-19(29-27-30-25(35-31-27)21-8-6-5-7-20(21)17(3)33)13-22(15)23-12-18-14-28-16(2)11-24(18)32(4)26(23)34/h5-14H,1-4H3,(H,29,31). The van der Waals surface area contributed by atoms with Crippen LogP contribution in [-0.4, -0.2) is 25.5 Å². The van der Waals surface area contributed by atoms with Gasteiger partial charge in [-0.05, 0) is 67.4 Å². The number of hydrogen-bond acceptors (Lipinski definition) is 7. The van der Waals surface area contributed by atoms with E-state index in [1.807, 2.05) is 50.2 Å². The first-order valence-corrected chi connectivity index (χ1v) is 11.1. The fourth-order valence-corrected chi connectivity index (χ4v) is 4.14. The zero-order valence-corrected chi connectivity index (χ0v) is 19.8. The van der Waals surface area contributed by atoms with Gasteiger partial charge < -0.3 is 14.4 Å². The van der Waals surface area contributed by atoms with Gasteiger partial charge in [0, 0.05) is 41.1 Å². The second-order valence-corrected chi connectivity index (χ2v) is 8.49. The molecule has 0 saturated carbocycles. The Morgan fingerprint density at radius 2 is 1.80 bits per heavy atom. The van der Waals surface area contributed by atoms with Gasteiger partial charge in [0.2, 0.25) is 0 Å². The molecule has 0 saturated heterocycles. The number of carbonyl (C=O) groups is 1. The second kappa shape index (κ2) is 8.64. The number of Topliss-reactive ketones (excluding diaryl/α,β-unsaturated/α-hetero) is 1. The first kappa shape index (κ1) is 22.2. The number of aryl methyl sites for hydroxylation is 3. The molecule has 3 heterocycles. The van der Waals surface area contributed by atoms with Crippen LogP contribution in [0.5, 0.6) is 0 Å². The van der Waals surface area contributed by atoms with Crippen molar-refractivity contribution in [2.75, 3.05) is 5.32 Å². The van der Waals surface area contributed by atoms with E-state index in [0.717, 1.165) is 27.7 Å². The third-order valence-corrected chi connectivity index (χ3v) is 5.99. The average Bonchev–Trinajstić information content (AvgIpc) is 3.31. The second-order valence-electron chi connectivity index (χ2n) is 8.49. The van der Waals surface area contributed by atoms with E-state index >= 15 is 0 Å². The summed E-state index contributed by atoms with van der Waals surface area (Å²) in [5.74, 6) is 0.412. The molecule has 1 N–H and O–H groups in total. The maximum Gasteiger partial charge on any atom is 0.268 e. The third kappa shape index (κ3) is 4.10. The number of fused-ring (bicyclic) bond motifs is 1. The van der Waals surface area contributed by atoms with E-state index < -0.39 is 0 Å². The van der Waals surface area contributed by atoms with Crippen molar-refractivity contribution in [2.45, 2.75) is 20.8 Å². The van der Waals surface area contributed by atoms with Crippen LogP contribution in [0.2, 0.25) is 0 Å². The Hall–Kier alpha value is -4.59. The fraction of sp³-hybridized carbons (Fsp3) is 0.148. The highest BCUT2D eigenvalue weighted by molar-refractivity contribution is 5.99. The Labute approximate surface area is 201 Å². The molecule has 3 aromatic heterocycles. The van der Waals surface area contributed by atoms with Crippen LogP contribution < -0.4 is 10.9 Å². The van der Waals surface area contributed by atoms with E-state index in [1.165, 1.54) is 6.92 Å². The maximum atomic E-state index is 13.2. The molecule has 0 aliphatic heterocycles. The smallest absolute Gasteiger partial charge is 0.268 e. The van der Waals surface area contributed by atoms with Crippen LogP contribution in [0.15, 0.2) is 70.1 Å². The van der Waals surface area contributed by atoms with Gasteiger partial charge in [-0.2, -0.15) is 4.98 Å². The summed E-state index contributed by atoms with van der Waals surface area (Å²) in [6, 6.07) is 16.6. The SMILES string of the molecule is CC(=O)c1ccccc1-c1nc(Nc2ccc(C)c(-c3cc4cnc(C)cc4n(C)c3=O)c2)no1. The Morgan fingerprint density at radius 1 is 1.00 bits per heavy atom. The lowest BCUT2D eigenvalue weighted by atomic mass is 9.99. The van der Waals surface area contributed by atoms with Crippen LogP contribution >= 0.6 is 0 Å². The number of hydrogen-bond donors (Lipinski definition) is 1. The normalized spacial score (nSPS) is 11.1. The molecule has 8 heteroatoms. The minimum absolute atomic E-state index is 0.0844. The summed E-state index contributed by atoms with van der Waals surface area (Å²) in [7, 11) is 1.77. The van der Waals surface area contributed by atoms with Gasteiger partial charge in [-0.25, -0.2) is 0 Å². The van der Waals surface area contributed by atoms with Gasteiger partial charge in [-0.1, -0.05) is 24.3 Å². The van der Waals surface area contributed by atoms with Crippen molar-refractivity contribution in [2.24, 2.45) is 7.05 Å². The van der Waals surface area contributed by atoms with Gasteiger partial charge >= 0.3 is 0 Å². The van der Waals surface area contributed by atoms with E-state index in [4.69, 9.17) is 4.52 Å². The lowest BCUT2D eigenvalue weighted by Gasteiger charge is -2.12. The van der Waals surface area contributed by atoms with Crippen LogP contribution in [0.1, 0.15) is 28.5 Å². The van der Waals surface area contributed by atoms with Gasteiger partial charge in [0.25, 0.3) is 17.4 Å². The minimum Gasteiger partial charge on any atom is -0.332 e. The largest absolute Gasteiger partial charge is 0.332 e. The van der Waals surface area contributed by atoms with Crippen molar-refractivity contribution < 1.29 is 9.32 Å². The van der Waals surface area contributed by atoms with Crippen LogP contribution in [0.3, 0.4) is 0 Å². The lowest BCUT2D eigenvalue weighted by molar-refractivity contribution is 0.101. The number of nitrogens with zero attached hydrogens (tertiary/aromatic N) is 4. The number of benzene rings is 2. The summed E-state index contributed by atoms with van der Waals surface area (Å²) >= 11 is 0. The fourth-order valence-electron chi connectivity index (χ4n) is 4.14. The average molecular weight is 466 g/mol. The van der Waals surface area contributed by atoms with Crippen LogP contribution in [0, 0.1) is 13.8 Å².